The quantitative estimate of drug-likeness (QED) is 0.836. The lowest BCUT2D eigenvalue weighted by atomic mass is 10.2. The van der Waals surface area contributed by atoms with E-state index in [0.717, 1.165) is 11.4 Å². The third-order valence-electron chi connectivity index (χ3n) is 2.15. The normalized spacial score (nSPS) is 9.94. The van der Waals surface area contributed by atoms with Gasteiger partial charge in [-0.15, -0.1) is 0 Å². The second kappa shape index (κ2) is 5.12. The summed E-state index contributed by atoms with van der Waals surface area (Å²) in [6, 6.07) is 11.1. The van der Waals surface area contributed by atoms with Crippen LogP contribution in [0, 0.1) is 0 Å². The van der Waals surface area contributed by atoms with E-state index in [1.807, 2.05) is 30.3 Å². The molecule has 3 N–H and O–H groups in total. The van der Waals surface area contributed by atoms with Gasteiger partial charge in [0, 0.05) is 22.6 Å². The topological polar surface area (TPSA) is 50.9 Å². The Morgan fingerprint density at radius 1 is 1.18 bits per heavy atom. The largest absolute Gasteiger partial charge is 0.388 e. The van der Waals surface area contributed by atoms with Crippen LogP contribution in [-0.4, -0.2) is 9.97 Å². The molecule has 1 heterocycles. The average Bonchev–Trinajstić information content (AvgIpc) is 2.32. The molecule has 1 aromatic heterocycles. The molecular formula is C12H10ClN3S. The summed E-state index contributed by atoms with van der Waals surface area (Å²) in [6.07, 6.45) is 1.66. The molecule has 17 heavy (non-hydrogen) atoms. The molecule has 86 valence electrons. The van der Waals surface area contributed by atoms with Gasteiger partial charge in [-0.3, -0.25) is 4.98 Å². The second-order valence-electron chi connectivity index (χ2n) is 3.43. The van der Waals surface area contributed by atoms with E-state index in [-0.39, 0.29) is 4.99 Å². The number of anilines is 2. The SMILES string of the molecule is NC(=S)c1cc(Nc2ccc(Cl)cc2)ccn1. The molecule has 5 heteroatoms. The Morgan fingerprint density at radius 2 is 1.88 bits per heavy atom. The lowest BCUT2D eigenvalue weighted by Crippen LogP contribution is -2.11. The van der Waals surface area contributed by atoms with Crippen molar-refractivity contribution in [2.45, 2.75) is 0 Å². The van der Waals surface area contributed by atoms with Gasteiger partial charge in [0.1, 0.15) is 4.99 Å². The second-order valence-corrected chi connectivity index (χ2v) is 4.30. The maximum Gasteiger partial charge on any atom is 0.122 e. The third kappa shape index (κ3) is 3.15. The van der Waals surface area contributed by atoms with Gasteiger partial charge in [0.2, 0.25) is 0 Å². The number of rotatable bonds is 3. The summed E-state index contributed by atoms with van der Waals surface area (Å²) in [5.41, 5.74) is 7.93. The number of benzene rings is 1. The molecule has 0 radical (unpaired) electrons. The van der Waals surface area contributed by atoms with E-state index in [1.54, 1.807) is 12.3 Å². The Labute approximate surface area is 110 Å². The Morgan fingerprint density at radius 3 is 2.53 bits per heavy atom. The fourth-order valence-electron chi connectivity index (χ4n) is 1.34. The van der Waals surface area contributed by atoms with Crippen molar-refractivity contribution in [3.8, 4) is 0 Å². The van der Waals surface area contributed by atoms with Crippen LogP contribution in [0.5, 0.6) is 0 Å². The maximum absolute atomic E-state index is 5.81. The zero-order chi connectivity index (χ0) is 12.3. The van der Waals surface area contributed by atoms with Crippen LogP contribution in [-0.2, 0) is 0 Å². The Kier molecular flexibility index (Phi) is 3.56. The van der Waals surface area contributed by atoms with Crippen molar-refractivity contribution in [3.05, 3.63) is 53.3 Å². The van der Waals surface area contributed by atoms with Crippen LogP contribution >= 0.6 is 23.8 Å². The van der Waals surface area contributed by atoms with Crippen molar-refractivity contribution in [2.75, 3.05) is 5.32 Å². The van der Waals surface area contributed by atoms with Crippen molar-refractivity contribution in [2.24, 2.45) is 5.73 Å². The van der Waals surface area contributed by atoms with Crippen molar-refractivity contribution < 1.29 is 0 Å². The molecule has 2 aromatic rings. The molecule has 3 nitrogen and oxygen atoms in total. The number of pyridine rings is 1. The Bertz CT molecular complexity index is 540. The zero-order valence-corrected chi connectivity index (χ0v) is 10.4. The summed E-state index contributed by atoms with van der Waals surface area (Å²) in [7, 11) is 0. The van der Waals surface area contributed by atoms with Gasteiger partial charge in [0.05, 0.1) is 5.69 Å². The van der Waals surface area contributed by atoms with Gasteiger partial charge in [0.25, 0.3) is 0 Å². The van der Waals surface area contributed by atoms with Crippen LogP contribution < -0.4 is 11.1 Å². The van der Waals surface area contributed by atoms with Crippen molar-refractivity contribution in [3.63, 3.8) is 0 Å². The smallest absolute Gasteiger partial charge is 0.122 e. The average molecular weight is 264 g/mol. The van der Waals surface area contributed by atoms with Crippen LogP contribution in [0.2, 0.25) is 5.02 Å². The summed E-state index contributed by atoms with van der Waals surface area (Å²) >= 11 is 10.7. The summed E-state index contributed by atoms with van der Waals surface area (Å²) in [4.78, 5) is 4.35. The number of hydrogen-bond acceptors (Lipinski definition) is 3. The summed E-state index contributed by atoms with van der Waals surface area (Å²) in [5, 5.41) is 3.92. The molecule has 0 saturated carbocycles. The van der Waals surface area contributed by atoms with E-state index in [1.165, 1.54) is 0 Å². The van der Waals surface area contributed by atoms with Crippen molar-refractivity contribution in [1.82, 2.24) is 4.98 Å². The van der Waals surface area contributed by atoms with Crippen LogP contribution in [0.4, 0.5) is 11.4 Å². The van der Waals surface area contributed by atoms with Gasteiger partial charge in [-0.05, 0) is 36.4 Å². The van der Waals surface area contributed by atoms with E-state index in [4.69, 9.17) is 29.6 Å². The van der Waals surface area contributed by atoms with Gasteiger partial charge < -0.3 is 11.1 Å². The summed E-state index contributed by atoms with van der Waals surface area (Å²) in [6.45, 7) is 0. The predicted octanol–water partition coefficient (Wildman–Crippen LogP) is 3.11. The first-order valence-corrected chi connectivity index (χ1v) is 5.72. The fourth-order valence-corrected chi connectivity index (χ4v) is 1.58. The molecule has 0 saturated heterocycles. The minimum atomic E-state index is 0.282. The highest BCUT2D eigenvalue weighted by Crippen LogP contribution is 2.18. The molecule has 0 spiro atoms. The number of thiocarbonyl (C=S) groups is 1. The molecule has 0 unspecified atom stereocenters. The van der Waals surface area contributed by atoms with Crippen molar-refractivity contribution in [1.29, 1.82) is 0 Å². The van der Waals surface area contributed by atoms with Gasteiger partial charge in [-0.1, -0.05) is 23.8 Å². The molecule has 0 aliphatic heterocycles. The van der Waals surface area contributed by atoms with Crippen LogP contribution in [0.25, 0.3) is 0 Å². The Hall–Kier alpha value is -1.65. The van der Waals surface area contributed by atoms with Crippen molar-refractivity contribution >= 4 is 40.2 Å². The van der Waals surface area contributed by atoms with Crippen LogP contribution in [0.1, 0.15) is 5.69 Å². The molecule has 0 bridgehead atoms. The minimum absolute atomic E-state index is 0.282. The van der Waals surface area contributed by atoms with Gasteiger partial charge in [-0.2, -0.15) is 0 Å². The first kappa shape index (κ1) is 11.8. The first-order valence-electron chi connectivity index (χ1n) is 4.93. The Balaban J connectivity index is 2.21. The van der Waals surface area contributed by atoms with E-state index < -0.39 is 0 Å². The van der Waals surface area contributed by atoms with Crippen LogP contribution in [0.3, 0.4) is 0 Å². The van der Waals surface area contributed by atoms with E-state index >= 15 is 0 Å². The molecule has 1 aromatic carbocycles. The number of nitrogens with two attached hydrogens (primary N) is 1. The number of halogens is 1. The van der Waals surface area contributed by atoms with E-state index in [0.29, 0.717) is 10.7 Å². The minimum Gasteiger partial charge on any atom is -0.388 e. The third-order valence-corrected chi connectivity index (χ3v) is 2.61. The van der Waals surface area contributed by atoms with Crippen LogP contribution in [0.15, 0.2) is 42.6 Å². The number of hydrogen-bond donors (Lipinski definition) is 2. The monoisotopic (exact) mass is 263 g/mol. The van der Waals surface area contributed by atoms with E-state index in [9.17, 15) is 0 Å². The van der Waals surface area contributed by atoms with Gasteiger partial charge >= 0.3 is 0 Å². The lowest BCUT2D eigenvalue weighted by Gasteiger charge is -2.07. The molecule has 0 atom stereocenters. The highest BCUT2D eigenvalue weighted by Gasteiger charge is 2.00. The fraction of sp³-hybridized carbons (Fsp3) is 0. The zero-order valence-electron chi connectivity index (χ0n) is 8.85. The van der Waals surface area contributed by atoms with Gasteiger partial charge in [0.15, 0.2) is 0 Å². The molecule has 0 fully saturated rings. The highest BCUT2D eigenvalue weighted by atomic mass is 35.5. The summed E-state index contributed by atoms with van der Waals surface area (Å²) in [5.74, 6) is 0. The first-order chi connectivity index (χ1) is 8.15. The number of nitrogens with one attached hydrogen (secondary N) is 1. The molecule has 0 amide bonds. The molecule has 2 rings (SSSR count). The molecular weight excluding hydrogens is 254 g/mol. The predicted molar refractivity (Wildman–Crippen MR) is 74.9 cm³/mol. The standard InChI is InChI=1S/C12H10ClN3S/c13-8-1-3-9(4-2-8)16-10-5-6-15-11(7-10)12(14)17/h1-7H,(H2,14,17)(H,15,16). The number of nitrogens with zero attached hydrogens (tertiary/aromatic N) is 1. The number of aromatic nitrogens is 1. The lowest BCUT2D eigenvalue weighted by molar-refractivity contribution is 1.29. The van der Waals surface area contributed by atoms with Gasteiger partial charge in [-0.25, -0.2) is 0 Å². The molecule has 0 aliphatic carbocycles. The molecule has 0 aliphatic rings. The summed E-state index contributed by atoms with van der Waals surface area (Å²) < 4.78 is 0. The van der Waals surface area contributed by atoms with E-state index in [2.05, 4.69) is 10.3 Å². The maximum atomic E-state index is 5.81. The highest BCUT2D eigenvalue weighted by molar-refractivity contribution is 7.80.